The summed E-state index contributed by atoms with van der Waals surface area (Å²) in [6.45, 7) is 41.7. The molecule has 0 aromatic heterocycles. The fourth-order valence-electron chi connectivity index (χ4n) is 23.8. The van der Waals surface area contributed by atoms with Crippen molar-refractivity contribution in [3.05, 3.63) is 24.3 Å². The summed E-state index contributed by atoms with van der Waals surface area (Å²) < 4.78 is 19.1. The molecule has 3 unspecified atom stereocenters. The second-order valence-electron chi connectivity index (χ2n) is 31.1. The van der Waals surface area contributed by atoms with Crippen LogP contribution in [-0.4, -0.2) is 55.8 Å². The van der Waals surface area contributed by atoms with Gasteiger partial charge in [0.15, 0.2) is 25.1 Å². The largest absolute Gasteiger partial charge is 0.397 e. The van der Waals surface area contributed by atoms with E-state index in [2.05, 4.69) is 117 Å². The monoisotopic (exact) mass is 1110 g/mol. The predicted molar refractivity (Wildman–Crippen MR) is 323 cm³/mol. The average Bonchev–Trinajstić information content (AvgIpc) is 4.05. The third-order valence-corrected chi connectivity index (χ3v) is 28.0. The van der Waals surface area contributed by atoms with Gasteiger partial charge in [-0.25, -0.2) is 0 Å². The fourth-order valence-corrected chi connectivity index (χ4v) is 23.8. The van der Waals surface area contributed by atoms with E-state index in [0.717, 1.165) is 57.2 Å². The van der Waals surface area contributed by atoms with E-state index in [1.165, 1.54) is 127 Å². The van der Waals surface area contributed by atoms with Crippen molar-refractivity contribution in [3.8, 4) is 0 Å². The molecule has 432 valence electrons. The number of aliphatic hydroxyl groups is 2. The molecule has 9 heteroatoms. The predicted octanol–water partition coefficient (Wildman–Crippen LogP) is 16.9. The Hall–Kier alpha value is -0.390. The molecule has 2 N–H and O–H groups in total. The lowest BCUT2D eigenvalue weighted by atomic mass is 9.32. The van der Waals surface area contributed by atoms with Gasteiger partial charge in [0.25, 0.3) is 0 Å². The Kier molecular flexibility index (Phi) is 17.7. The van der Waals surface area contributed by atoms with Gasteiger partial charge < -0.3 is 19.7 Å². The van der Waals surface area contributed by atoms with Crippen LogP contribution in [0.25, 0.3) is 0 Å². The molecule has 0 spiro atoms. The lowest BCUT2D eigenvalue weighted by Crippen LogP contribution is -2.66. The molecule has 0 aromatic rings. The molecule has 1 saturated heterocycles. The number of hydrogen-bond donors (Lipinski definition) is 2. The highest BCUT2D eigenvalue weighted by molar-refractivity contribution is 8.24. The van der Waals surface area contributed by atoms with Gasteiger partial charge >= 0.3 is 1.28 Å². The van der Waals surface area contributed by atoms with Crippen molar-refractivity contribution in [2.45, 2.75) is 244 Å². The summed E-state index contributed by atoms with van der Waals surface area (Å²) in [5, 5.41) is 18.2. The van der Waals surface area contributed by atoms with Gasteiger partial charge in [0.1, 0.15) is 11.6 Å². The number of ketones is 2. The first kappa shape index (κ1) is 60.2. The van der Waals surface area contributed by atoms with Crippen LogP contribution in [-0.2, 0) is 30.9 Å². The Morgan fingerprint density at radius 3 is 1.45 bits per heavy atom. The normalized spacial score (nSPS) is 49.6. The number of allylic oxidation sites excluding steroid dienone is 2. The molecule has 10 saturated carbocycles. The first-order valence-electron chi connectivity index (χ1n) is 31.9. The van der Waals surface area contributed by atoms with Gasteiger partial charge in [0.2, 0.25) is 0 Å². The molecule has 11 rings (SSSR count). The number of carbonyl (C=O) groups excluding carboxylic acids is 2. The van der Waals surface area contributed by atoms with Crippen LogP contribution in [0.4, 0.5) is 0 Å². The van der Waals surface area contributed by atoms with Gasteiger partial charge in [-0.1, -0.05) is 93.5 Å². The summed E-state index contributed by atoms with van der Waals surface area (Å²) in [6, 6.07) is 0. The standard InChI is InChI=1S/C35H56O3.C30H48O2.C2H6O.H2P2S/c1-23(2)24-13-18-35(22-38-29-10-8-9-21-37-29)20-19-33(6)25(30(24)35)11-12-27-32(5)16-15-28(36)31(3,4)26(32)14-17-34(27,33)7;1-19(2)20-10-15-30(18-31)17-16-28(6)21(25(20)30)8-9-23-27(5)13-12-24(32)26(3,4)22(27)11-14-29(23,28)7;2*1-2-3/h24-27,29-30H,1,8-22H2,2-7H3;20-23,25,31H,1,8-18H2,2-7H3;3H,2H2,1H3;1H2/p+1/t24-,25+,26-,27+,29?,30+,32-,33+,34+,35+;20-,21+,22-,23+,25+,27-,28+,29+,30+;;/m00../s1/i/hT. The SMILES string of the molecule is C=C(C)[C@@H]1CC[C@]2(CO)CC[C@]3(C)[C@H](CC[C@@H]4[C@@]5(C)CCC(=O)C(C)(C)[C@@H]5CC[C@]43C)[C@@H]12.C=C(C)[C@@H]1CC[C@]2(COC3CCCCO3)CC[C@]3(C)[C@H](CC[C@@H]4[C@@]5(C)CCC(=O)C(C)(C)[C@@H]5CC[C@]43C)[C@@H]12.CCO.[3H][P+](P)=S. The molecule has 11 fully saturated rings. The Morgan fingerprint density at radius 2 is 1.04 bits per heavy atom. The maximum Gasteiger partial charge on any atom is 0.355 e. The summed E-state index contributed by atoms with van der Waals surface area (Å²) in [4.78, 5) is 26.0. The number of Topliss-reactive ketones (excluding diaryl/α,β-unsaturated/α-hetero) is 2. The Bertz CT molecular complexity index is 2220. The van der Waals surface area contributed by atoms with Crippen LogP contribution in [0.1, 0.15) is 238 Å². The van der Waals surface area contributed by atoms with E-state index in [9.17, 15) is 14.7 Å². The fraction of sp³-hybridized carbons (Fsp3) is 0.910. The molecule has 10 aliphatic carbocycles. The van der Waals surface area contributed by atoms with Crippen molar-refractivity contribution < 1.29 is 29.3 Å². The van der Waals surface area contributed by atoms with Crippen molar-refractivity contribution in [1.29, 1.82) is 1.28 Å². The summed E-state index contributed by atoms with van der Waals surface area (Å²) in [5.41, 5.74) is 4.79. The highest BCUT2D eigenvalue weighted by Crippen LogP contribution is 2.79. The number of hydrogen-bond acceptors (Lipinski definition) is 7. The minimum absolute atomic E-state index is 0.0109. The lowest BCUT2D eigenvalue weighted by Gasteiger charge is -2.72. The molecular formula is C67H113O6P2S+. The third kappa shape index (κ3) is 9.45. The van der Waals surface area contributed by atoms with Crippen LogP contribution in [0.2, 0.25) is 0 Å². The maximum atomic E-state index is 13.1. The minimum Gasteiger partial charge on any atom is -0.397 e. The first-order chi connectivity index (χ1) is 35.9. The minimum atomic E-state index is -0.870. The van der Waals surface area contributed by atoms with E-state index in [4.69, 9.17) is 15.9 Å². The molecule has 0 bridgehead atoms. The summed E-state index contributed by atoms with van der Waals surface area (Å²) in [7, 11) is 2.20. The van der Waals surface area contributed by atoms with E-state index < -0.39 is 6.99 Å². The zero-order chi connectivity index (χ0) is 56.7. The van der Waals surface area contributed by atoms with E-state index in [1.807, 2.05) is 0 Å². The van der Waals surface area contributed by atoms with E-state index >= 15 is 0 Å². The zero-order valence-corrected chi connectivity index (χ0v) is 53.7. The second kappa shape index (κ2) is 22.3. The third-order valence-electron chi connectivity index (χ3n) is 28.0. The molecule has 21 atom stereocenters. The number of carbonyl (C=O) groups is 2. The number of fused-ring (bicyclic) bond motifs is 14. The molecule has 0 amide bonds. The van der Waals surface area contributed by atoms with Crippen molar-refractivity contribution in [1.82, 2.24) is 0 Å². The van der Waals surface area contributed by atoms with Gasteiger partial charge in [-0.15, -0.1) is 0 Å². The van der Waals surface area contributed by atoms with E-state index in [0.29, 0.717) is 87.2 Å². The Morgan fingerprint density at radius 1 is 0.618 bits per heavy atom. The van der Waals surface area contributed by atoms with Crippen molar-refractivity contribution in [3.63, 3.8) is 0 Å². The number of rotatable bonds is 6. The van der Waals surface area contributed by atoms with Crippen LogP contribution in [0.3, 0.4) is 0 Å². The van der Waals surface area contributed by atoms with E-state index in [1.54, 1.807) is 6.92 Å². The topological polar surface area (TPSA) is 93.1 Å². The molecule has 11 aliphatic rings. The van der Waals surface area contributed by atoms with Crippen molar-refractivity contribution in [2.75, 3.05) is 26.4 Å². The van der Waals surface area contributed by atoms with Gasteiger partial charge in [-0.05, 0) is 258 Å². The van der Waals surface area contributed by atoms with Crippen LogP contribution in [0.5, 0.6) is 0 Å². The molecule has 0 radical (unpaired) electrons. The first-order valence-corrected chi connectivity index (χ1v) is 35.0. The van der Waals surface area contributed by atoms with Crippen LogP contribution < -0.4 is 0 Å². The maximum absolute atomic E-state index is 13.1. The average molecular weight is 1110 g/mol. The van der Waals surface area contributed by atoms with Crippen LogP contribution in [0, 0.1) is 113 Å². The summed E-state index contributed by atoms with van der Waals surface area (Å²) in [5.74, 6) is 7.50. The second-order valence-corrected chi connectivity index (χ2v) is 33.8. The van der Waals surface area contributed by atoms with Crippen LogP contribution >= 0.6 is 15.9 Å². The molecule has 1 heterocycles. The smallest absolute Gasteiger partial charge is 0.355 e. The summed E-state index contributed by atoms with van der Waals surface area (Å²) in [6.07, 6.45) is 27.7. The van der Waals surface area contributed by atoms with Crippen molar-refractivity contribution >= 4 is 39.3 Å². The Labute approximate surface area is 475 Å². The van der Waals surface area contributed by atoms with Crippen LogP contribution in [0.15, 0.2) is 24.3 Å². The van der Waals surface area contributed by atoms with Gasteiger partial charge in [-0.2, -0.15) is 0 Å². The van der Waals surface area contributed by atoms with Gasteiger partial charge in [0.05, 0.1) is 15.5 Å². The molecule has 6 nitrogen and oxygen atoms in total. The number of aliphatic hydroxyl groups excluding tert-OH is 2. The highest BCUT2D eigenvalue weighted by Gasteiger charge is 2.73. The van der Waals surface area contributed by atoms with Gasteiger partial charge in [0, 0.05) is 43.5 Å². The quantitative estimate of drug-likeness (QED) is 0.202. The molecular weight excluding hydrogens is 995 g/mol. The van der Waals surface area contributed by atoms with E-state index in [-0.39, 0.29) is 45.4 Å². The van der Waals surface area contributed by atoms with Crippen molar-refractivity contribution in [2.24, 2.45) is 113 Å². The molecule has 1 aliphatic heterocycles. The zero-order valence-electron chi connectivity index (χ0n) is 51.8. The Balaban J connectivity index is 0.000000184. The highest BCUT2D eigenvalue weighted by atomic mass is 32.6. The molecule has 0 aromatic carbocycles. The van der Waals surface area contributed by atoms with Gasteiger partial charge in [-0.3, -0.25) is 9.59 Å². The summed E-state index contributed by atoms with van der Waals surface area (Å²) >= 11 is 4.31. The number of ether oxygens (including phenoxy) is 2. The molecule has 76 heavy (non-hydrogen) atoms. The lowest BCUT2D eigenvalue weighted by molar-refractivity contribution is -0.245.